The molecular weight excluding hydrogens is 240 g/mol. The molecule has 8 nitrogen and oxygen atoms in total. The zero-order valence-corrected chi connectivity index (χ0v) is 10.4. The van der Waals surface area contributed by atoms with E-state index in [1.807, 2.05) is 0 Å². The Morgan fingerprint density at radius 1 is 1.56 bits per heavy atom. The van der Waals surface area contributed by atoms with Gasteiger partial charge in [-0.25, -0.2) is 4.79 Å². The number of anilines is 2. The quantitative estimate of drug-likeness (QED) is 0.495. The first-order valence-electron chi connectivity index (χ1n) is 5.50. The van der Waals surface area contributed by atoms with Gasteiger partial charge in [-0.15, -0.1) is 0 Å². The standard InChI is InChI=1S/C10H18N4O4/c1-6(5-15)12-7-8(11)14(3-4-18-2)10(17)13-9(7)16/h6,12,15H,3-5,11H2,1-2H3,(H,13,16,17). The lowest BCUT2D eigenvalue weighted by molar-refractivity contribution is 0.186. The molecule has 0 aliphatic carbocycles. The third-order valence-corrected chi connectivity index (χ3v) is 2.42. The van der Waals surface area contributed by atoms with E-state index < -0.39 is 11.2 Å². The SMILES string of the molecule is COCCn1c(N)c(NC(C)CO)c(=O)[nH]c1=O. The summed E-state index contributed by atoms with van der Waals surface area (Å²) in [6, 6.07) is -0.346. The van der Waals surface area contributed by atoms with Crippen LogP contribution in [0.1, 0.15) is 6.92 Å². The monoisotopic (exact) mass is 258 g/mol. The van der Waals surface area contributed by atoms with Gasteiger partial charge in [0.2, 0.25) is 0 Å². The van der Waals surface area contributed by atoms with E-state index in [1.54, 1.807) is 6.92 Å². The minimum absolute atomic E-state index is 0.0288. The highest BCUT2D eigenvalue weighted by molar-refractivity contribution is 5.60. The maximum absolute atomic E-state index is 11.6. The Kier molecular flexibility index (Phi) is 4.93. The summed E-state index contributed by atoms with van der Waals surface area (Å²) in [6.07, 6.45) is 0. The first-order valence-corrected chi connectivity index (χ1v) is 5.50. The molecule has 0 spiro atoms. The smallest absolute Gasteiger partial charge is 0.330 e. The molecule has 0 aromatic carbocycles. The average Bonchev–Trinajstić information content (AvgIpc) is 2.33. The van der Waals surface area contributed by atoms with E-state index in [9.17, 15) is 9.59 Å². The molecule has 0 aliphatic rings. The fraction of sp³-hybridized carbons (Fsp3) is 0.600. The van der Waals surface area contributed by atoms with Crippen LogP contribution in [-0.2, 0) is 11.3 Å². The number of hydrogen-bond donors (Lipinski definition) is 4. The second-order valence-electron chi connectivity index (χ2n) is 3.89. The van der Waals surface area contributed by atoms with Crippen molar-refractivity contribution in [2.24, 2.45) is 0 Å². The summed E-state index contributed by atoms with van der Waals surface area (Å²) in [6.45, 7) is 2.06. The number of aromatic amines is 1. The normalized spacial score (nSPS) is 12.4. The zero-order chi connectivity index (χ0) is 13.7. The molecule has 5 N–H and O–H groups in total. The van der Waals surface area contributed by atoms with Crippen LogP contribution in [0.4, 0.5) is 11.5 Å². The van der Waals surface area contributed by atoms with Gasteiger partial charge in [0.1, 0.15) is 11.5 Å². The largest absolute Gasteiger partial charge is 0.394 e. The van der Waals surface area contributed by atoms with E-state index in [4.69, 9.17) is 15.6 Å². The topological polar surface area (TPSA) is 122 Å². The van der Waals surface area contributed by atoms with Gasteiger partial charge in [0.15, 0.2) is 0 Å². The second-order valence-corrected chi connectivity index (χ2v) is 3.89. The van der Waals surface area contributed by atoms with Gasteiger partial charge in [-0.1, -0.05) is 0 Å². The molecule has 1 unspecified atom stereocenters. The van der Waals surface area contributed by atoms with Crippen LogP contribution in [0, 0.1) is 0 Å². The van der Waals surface area contributed by atoms with Crippen molar-refractivity contribution in [3.05, 3.63) is 20.8 Å². The maximum Gasteiger partial charge on any atom is 0.330 e. The van der Waals surface area contributed by atoms with Gasteiger partial charge in [-0.3, -0.25) is 14.3 Å². The van der Waals surface area contributed by atoms with E-state index in [0.29, 0.717) is 6.61 Å². The number of nitrogen functional groups attached to an aromatic ring is 1. The predicted octanol–water partition coefficient (Wildman–Crippen LogP) is -1.44. The number of methoxy groups -OCH3 is 1. The third-order valence-electron chi connectivity index (χ3n) is 2.42. The summed E-state index contributed by atoms with van der Waals surface area (Å²) in [7, 11) is 1.50. The van der Waals surface area contributed by atoms with E-state index >= 15 is 0 Å². The molecule has 18 heavy (non-hydrogen) atoms. The predicted molar refractivity (Wildman–Crippen MR) is 67.8 cm³/mol. The number of nitrogens with zero attached hydrogens (tertiary/aromatic N) is 1. The second kappa shape index (κ2) is 6.22. The number of ether oxygens (including phenoxy) is 1. The van der Waals surface area contributed by atoms with Gasteiger partial charge in [0.05, 0.1) is 19.8 Å². The Morgan fingerprint density at radius 3 is 2.78 bits per heavy atom. The van der Waals surface area contributed by atoms with E-state index in [-0.39, 0.29) is 30.7 Å². The molecule has 1 atom stereocenters. The molecule has 1 heterocycles. The Hall–Kier alpha value is -1.80. The first kappa shape index (κ1) is 14.3. The van der Waals surface area contributed by atoms with Crippen LogP contribution < -0.4 is 22.3 Å². The van der Waals surface area contributed by atoms with Crippen molar-refractivity contribution >= 4 is 11.5 Å². The highest BCUT2D eigenvalue weighted by atomic mass is 16.5. The number of aliphatic hydroxyl groups is 1. The maximum atomic E-state index is 11.6. The Morgan fingerprint density at radius 2 is 2.22 bits per heavy atom. The number of nitrogens with two attached hydrogens (primary N) is 1. The summed E-state index contributed by atoms with van der Waals surface area (Å²) in [5.74, 6) is 0.0288. The molecule has 1 rings (SSSR count). The van der Waals surface area contributed by atoms with Crippen LogP contribution in [0.15, 0.2) is 9.59 Å². The summed E-state index contributed by atoms with van der Waals surface area (Å²) in [5, 5.41) is 11.7. The van der Waals surface area contributed by atoms with Gasteiger partial charge < -0.3 is 20.9 Å². The summed E-state index contributed by atoms with van der Waals surface area (Å²) >= 11 is 0. The minimum Gasteiger partial charge on any atom is -0.394 e. The van der Waals surface area contributed by atoms with Crippen LogP contribution in [0.3, 0.4) is 0 Å². The Bertz CT molecular complexity index is 508. The molecule has 0 radical (unpaired) electrons. The lowest BCUT2D eigenvalue weighted by atomic mass is 10.3. The van der Waals surface area contributed by atoms with Crippen molar-refractivity contribution < 1.29 is 9.84 Å². The van der Waals surface area contributed by atoms with Gasteiger partial charge in [0.25, 0.3) is 5.56 Å². The molecule has 0 saturated heterocycles. The van der Waals surface area contributed by atoms with E-state index in [1.165, 1.54) is 11.7 Å². The van der Waals surface area contributed by atoms with Gasteiger partial charge in [-0.2, -0.15) is 0 Å². The van der Waals surface area contributed by atoms with Gasteiger partial charge >= 0.3 is 5.69 Å². The van der Waals surface area contributed by atoms with Crippen molar-refractivity contribution in [2.45, 2.75) is 19.5 Å². The van der Waals surface area contributed by atoms with Crippen molar-refractivity contribution in [3.63, 3.8) is 0 Å². The van der Waals surface area contributed by atoms with Gasteiger partial charge in [-0.05, 0) is 6.92 Å². The van der Waals surface area contributed by atoms with Crippen LogP contribution in [0.25, 0.3) is 0 Å². The van der Waals surface area contributed by atoms with Crippen molar-refractivity contribution in [1.29, 1.82) is 0 Å². The first-order chi connectivity index (χ1) is 8.51. The average molecular weight is 258 g/mol. The zero-order valence-electron chi connectivity index (χ0n) is 10.4. The highest BCUT2D eigenvalue weighted by Gasteiger charge is 2.13. The van der Waals surface area contributed by atoms with Gasteiger partial charge in [0, 0.05) is 13.2 Å². The number of H-pyrrole nitrogens is 1. The molecule has 0 amide bonds. The summed E-state index contributed by atoms with van der Waals surface area (Å²) in [4.78, 5) is 25.3. The molecule has 0 saturated carbocycles. The molecular formula is C10H18N4O4. The van der Waals surface area contributed by atoms with Crippen molar-refractivity contribution in [1.82, 2.24) is 9.55 Å². The molecule has 0 aliphatic heterocycles. The fourth-order valence-corrected chi connectivity index (χ4v) is 1.42. The van der Waals surface area contributed by atoms with Crippen molar-refractivity contribution in [2.75, 3.05) is 31.4 Å². The van der Waals surface area contributed by atoms with Crippen LogP contribution in [-0.4, -0.2) is 41.0 Å². The van der Waals surface area contributed by atoms with Crippen molar-refractivity contribution in [3.8, 4) is 0 Å². The minimum atomic E-state index is -0.605. The third kappa shape index (κ3) is 3.11. The van der Waals surface area contributed by atoms with Crippen LogP contribution in [0.5, 0.6) is 0 Å². The molecule has 102 valence electrons. The lowest BCUT2D eigenvalue weighted by Gasteiger charge is -2.16. The fourth-order valence-electron chi connectivity index (χ4n) is 1.42. The van der Waals surface area contributed by atoms with E-state index in [0.717, 1.165) is 0 Å². The molecule has 0 fully saturated rings. The number of aliphatic hydroxyl groups excluding tert-OH is 1. The number of aromatic nitrogens is 2. The number of hydrogen-bond acceptors (Lipinski definition) is 6. The number of nitrogens with one attached hydrogen (secondary N) is 2. The highest BCUT2D eigenvalue weighted by Crippen LogP contribution is 2.10. The number of rotatable bonds is 6. The summed E-state index contributed by atoms with van der Waals surface area (Å²) < 4.78 is 6.07. The van der Waals surface area contributed by atoms with E-state index in [2.05, 4.69) is 10.3 Å². The molecule has 8 heteroatoms. The van der Waals surface area contributed by atoms with Crippen LogP contribution in [0.2, 0.25) is 0 Å². The Balaban J connectivity index is 3.18. The molecule has 1 aromatic rings. The summed E-state index contributed by atoms with van der Waals surface area (Å²) in [5.41, 5.74) is 4.66. The van der Waals surface area contributed by atoms with Crippen LogP contribution >= 0.6 is 0 Å². The molecule has 0 bridgehead atoms. The lowest BCUT2D eigenvalue weighted by Crippen LogP contribution is -2.36. The molecule has 1 aromatic heterocycles. The Labute approximate surface area is 103 Å².